The molecule has 0 unspecified atom stereocenters. The molecular weight excluding hydrogens is 454 g/mol. The molecule has 0 saturated heterocycles. The van der Waals surface area contributed by atoms with Crippen molar-refractivity contribution >= 4 is 40.0 Å². The van der Waals surface area contributed by atoms with Gasteiger partial charge in [-0.15, -0.1) is 0 Å². The second-order valence-corrected chi connectivity index (χ2v) is 8.45. The molecule has 0 spiro atoms. The summed E-state index contributed by atoms with van der Waals surface area (Å²) < 4.78 is 5.33. The molecule has 5 aromatic carbocycles. The third kappa shape index (κ3) is 4.78. The molecule has 4 nitrogen and oxygen atoms in total. The van der Waals surface area contributed by atoms with Gasteiger partial charge in [-0.3, -0.25) is 0 Å². The van der Waals surface area contributed by atoms with E-state index in [4.69, 9.17) is 4.74 Å². The van der Waals surface area contributed by atoms with Crippen LogP contribution in [0.2, 0.25) is 0 Å². The Morgan fingerprint density at radius 3 is 1.95 bits per heavy atom. The zero-order valence-electron chi connectivity index (χ0n) is 20.3. The molecule has 0 fully saturated rings. The molecule has 0 N–H and O–H groups in total. The summed E-state index contributed by atoms with van der Waals surface area (Å²) in [6.45, 7) is 0. The molecule has 5 rings (SSSR count). The van der Waals surface area contributed by atoms with Crippen LogP contribution in [0.1, 0.15) is 22.3 Å². The third-order valence-electron chi connectivity index (χ3n) is 6.28. The van der Waals surface area contributed by atoms with E-state index < -0.39 is 0 Å². The van der Waals surface area contributed by atoms with Crippen LogP contribution in [0, 0.1) is 22.7 Å². The van der Waals surface area contributed by atoms with E-state index >= 15 is 0 Å². The van der Waals surface area contributed by atoms with Gasteiger partial charge in [-0.05, 0) is 65.7 Å². The van der Waals surface area contributed by atoms with Gasteiger partial charge in [-0.25, -0.2) is 0 Å². The molecule has 176 valence electrons. The van der Waals surface area contributed by atoms with Crippen molar-refractivity contribution < 1.29 is 4.74 Å². The van der Waals surface area contributed by atoms with Crippen LogP contribution in [0.5, 0.6) is 5.75 Å². The average Bonchev–Trinajstić information content (AvgIpc) is 2.97. The third-order valence-corrected chi connectivity index (χ3v) is 6.28. The Kier molecular flexibility index (Phi) is 6.66. The number of methoxy groups -OCH3 is 1. The molecule has 0 aromatic heterocycles. The standard InChI is InChI=1S/C33H23N3O/c1-37-30-19-17-29(18-20-30)36(27-7-3-2-4-8-27)28-15-11-24(12-16-28)10-13-25-14-21-31-26(22-34)6-5-9-32(31)33(25)23-35/h2-21H,1H3/b13-10-. The number of hydrogen-bond donors (Lipinski definition) is 0. The Labute approximate surface area is 216 Å². The van der Waals surface area contributed by atoms with Crippen LogP contribution in [0.25, 0.3) is 22.9 Å². The van der Waals surface area contributed by atoms with Crippen LogP contribution in [0.4, 0.5) is 17.1 Å². The molecule has 37 heavy (non-hydrogen) atoms. The second kappa shape index (κ2) is 10.5. The summed E-state index contributed by atoms with van der Waals surface area (Å²) in [7, 11) is 1.66. The zero-order chi connectivity index (χ0) is 25.6. The molecule has 0 heterocycles. The molecule has 0 saturated carbocycles. The lowest BCUT2D eigenvalue weighted by atomic mass is 9.96. The van der Waals surface area contributed by atoms with Gasteiger partial charge in [-0.1, -0.05) is 66.7 Å². The molecule has 5 aromatic rings. The fraction of sp³-hybridized carbons (Fsp3) is 0.0303. The molecular formula is C33H23N3O. The number of ether oxygens (including phenoxy) is 1. The Morgan fingerprint density at radius 1 is 0.622 bits per heavy atom. The van der Waals surface area contributed by atoms with Gasteiger partial charge in [0.2, 0.25) is 0 Å². The summed E-state index contributed by atoms with van der Waals surface area (Å²) in [6, 6.07) is 40.3. The van der Waals surface area contributed by atoms with Gasteiger partial charge < -0.3 is 9.64 Å². The highest BCUT2D eigenvalue weighted by Crippen LogP contribution is 2.35. The van der Waals surface area contributed by atoms with Gasteiger partial charge in [0.25, 0.3) is 0 Å². The Morgan fingerprint density at radius 2 is 1.30 bits per heavy atom. The molecule has 0 bridgehead atoms. The normalized spacial score (nSPS) is 10.7. The molecule has 0 aliphatic rings. The summed E-state index contributed by atoms with van der Waals surface area (Å²) in [5.74, 6) is 0.812. The number of anilines is 3. The van der Waals surface area contributed by atoms with Crippen LogP contribution in [-0.2, 0) is 0 Å². The van der Waals surface area contributed by atoms with Crippen molar-refractivity contribution in [3.05, 3.63) is 131 Å². The van der Waals surface area contributed by atoms with Crippen molar-refractivity contribution in [2.24, 2.45) is 0 Å². The lowest BCUT2D eigenvalue weighted by Gasteiger charge is -2.25. The number of fused-ring (bicyclic) bond motifs is 1. The van der Waals surface area contributed by atoms with Crippen molar-refractivity contribution in [2.45, 2.75) is 0 Å². The van der Waals surface area contributed by atoms with E-state index in [0.717, 1.165) is 44.7 Å². The van der Waals surface area contributed by atoms with E-state index in [1.807, 2.05) is 78.9 Å². The van der Waals surface area contributed by atoms with E-state index in [0.29, 0.717) is 11.1 Å². The van der Waals surface area contributed by atoms with Crippen LogP contribution in [-0.4, -0.2) is 7.11 Å². The summed E-state index contributed by atoms with van der Waals surface area (Å²) in [5.41, 5.74) is 6.09. The quantitative estimate of drug-likeness (QED) is 0.231. The maximum Gasteiger partial charge on any atom is 0.119 e. The molecule has 0 amide bonds. The number of hydrogen-bond acceptors (Lipinski definition) is 4. The van der Waals surface area contributed by atoms with Gasteiger partial charge in [0, 0.05) is 27.8 Å². The van der Waals surface area contributed by atoms with Crippen LogP contribution in [0.3, 0.4) is 0 Å². The number of nitriles is 2. The largest absolute Gasteiger partial charge is 0.497 e. The zero-order valence-corrected chi connectivity index (χ0v) is 20.3. The summed E-state index contributed by atoms with van der Waals surface area (Å²) >= 11 is 0. The fourth-order valence-corrected chi connectivity index (χ4v) is 4.41. The number of benzene rings is 5. The van der Waals surface area contributed by atoms with E-state index in [-0.39, 0.29) is 0 Å². The maximum atomic E-state index is 9.84. The van der Waals surface area contributed by atoms with Crippen LogP contribution in [0.15, 0.2) is 109 Å². The summed E-state index contributed by atoms with van der Waals surface area (Å²) in [4.78, 5) is 2.19. The number of rotatable bonds is 6. The molecule has 0 aliphatic carbocycles. The SMILES string of the molecule is COc1ccc(N(c2ccccc2)c2ccc(/C=C\c3ccc4c(C#N)cccc4c3C#N)cc2)cc1. The highest BCUT2D eigenvalue weighted by molar-refractivity contribution is 5.95. The summed E-state index contributed by atoms with van der Waals surface area (Å²) in [5, 5.41) is 20.8. The monoisotopic (exact) mass is 477 g/mol. The highest BCUT2D eigenvalue weighted by Gasteiger charge is 2.12. The van der Waals surface area contributed by atoms with Gasteiger partial charge in [0.15, 0.2) is 0 Å². The van der Waals surface area contributed by atoms with Gasteiger partial charge in [-0.2, -0.15) is 10.5 Å². The predicted molar refractivity (Wildman–Crippen MR) is 150 cm³/mol. The molecule has 0 atom stereocenters. The lowest BCUT2D eigenvalue weighted by Crippen LogP contribution is -2.09. The molecule has 0 aliphatic heterocycles. The topological polar surface area (TPSA) is 60.0 Å². The predicted octanol–water partition coefficient (Wildman–Crippen LogP) is 8.23. The molecule has 4 heteroatoms. The number of para-hydroxylation sites is 1. The van der Waals surface area contributed by atoms with Crippen LogP contribution < -0.4 is 9.64 Å². The number of nitrogens with zero attached hydrogens (tertiary/aromatic N) is 3. The fourth-order valence-electron chi connectivity index (χ4n) is 4.41. The minimum Gasteiger partial charge on any atom is -0.497 e. The highest BCUT2D eigenvalue weighted by atomic mass is 16.5. The van der Waals surface area contributed by atoms with Crippen molar-refractivity contribution in [1.82, 2.24) is 0 Å². The Balaban J connectivity index is 1.47. The van der Waals surface area contributed by atoms with Crippen molar-refractivity contribution in [3.8, 4) is 17.9 Å². The first-order valence-corrected chi connectivity index (χ1v) is 11.8. The van der Waals surface area contributed by atoms with E-state index in [1.54, 1.807) is 13.2 Å². The van der Waals surface area contributed by atoms with Crippen molar-refractivity contribution in [3.63, 3.8) is 0 Å². The first-order valence-electron chi connectivity index (χ1n) is 11.8. The van der Waals surface area contributed by atoms with Crippen molar-refractivity contribution in [1.29, 1.82) is 10.5 Å². The van der Waals surface area contributed by atoms with Crippen LogP contribution >= 0.6 is 0 Å². The smallest absolute Gasteiger partial charge is 0.119 e. The first-order chi connectivity index (χ1) is 18.2. The second-order valence-electron chi connectivity index (χ2n) is 8.45. The van der Waals surface area contributed by atoms with Gasteiger partial charge in [0.05, 0.1) is 24.3 Å². The van der Waals surface area contributed by atoms with E-state index in [1.165, 1.54) is 0 Å². The van der Waals surface area contributed by atoms with E-state index in [9.17, 15) is 10.5 Å². The molecule has 0 radical (unpaired) electrons. The van der Waals surface area contributed by atoms with Gasteiger partial charge >= 0.3 is 0 Å². The Bertz CT molecular complexity index is 1660. The first kappa shape index (κ1) is 23.4. The minimum atomic E-state index is 0.567. The summed E-state index contributed by atoms with van der Waals surface area (Å²) in [6.07, 6.45) is 3.95. The minimum absolute atomic E-state index is 0.567. The Hall–Kier alpha value is -5.32. The average molecular weight is 478 g/mol. The van der Waals surface area contributed by atoms with Crippen molar-refractivity contribution in [2.75, 3.05) is 12.0 Å². The maximum absolute atomic E-state index is 9.84. The lowest BCUT2D eigenvalue weighted by molar-refractivity contribution is 0.415. The van der Waals surface area contributed by atoms with E-state index in [2.05, 4.69) is 53.4 Å². The van der Waals surface area contributed by atoms with Gasteiger partial charge in [0.1, 0.15) is 11.8 Å².